The van der Waals surface area contributed by atoms with Gasteiger partial charge >= 0.3 is 0 Å². The molecule has 0 fully saturated rings. The van der Waals surface area contributed by atoms with Crippen LogP contribution in [0.1, 0.15) is 19.0 Å². The van der Waals surface area contributed by atoms with Gasteiger partial charge in [0.2, 0.25) is 0 Å². The molecule has 56 valence electrons. The molecule has 10 heavy (non-hydrogen) atoms. The zero-order valence-corrected chi connectivity index (χ0v) is 6.25. The molecule has 0 saturated heterocycles. The van der Waals surface area contributed by atoms with Gasteiger partial charge in [0.15, 0.2) is 0 Å². The van der Waals surface area contributed by atoms with Gasteiger partial charge in [0.1, 0.15) is 0 Å². The van der Waals surface area contributed by atoms with Gasteiger partial charge in [-0.25, -0.2) is 0 Å². The van der Waals surface area contributed by atoms with Crippen molar-refractivity contribution >= 4 is 0 Å². The first-order chi connectivity index (χ1) is 4.88. The maximum atomic E-state index is 8.81. The Morgan fingerprint density at radius 2 is 2.40 bits per heavy atom. The maximum absolute atomic E-state index is 8.81. The second kappa shape index (κ2) is 3.42. The molecule has 1 aromatic heterocycles. The molecule has 0 aromatic carbocycles. The highest BCUT2D eigenvalue weighted by Gasteiger charge is 1.95. The van der Waals surface area contributed by atoms with Crippen LogP contribution < -0.4 is 0 Å². The zero-order valence-electron chi connectivity index (χ0n) is 6.25. The van der Waals surface area contributed by atoms with Crippen molar-refractivity contribution in [3.8, 4) is 0 Å². The third kappa shape index (κ3) is 1.39. The van der Waals surface area contributed by atoms with E-state index in [2.05, 4.69) is 11.5 Å². The average molecular weight is 139 g/mol. The highest BCUT2D eigenvalue weighted by Crippen LogP contribution is 2.02. The minimum absolute atomic E-state index is 0.146. The van der Waals surface area contributed by atoms with Gasteiger partial charge in [-0.2, -0.15) is 0 Å². The van der Waals surface area contributed by atoms with Gasteiger partial charge in [-0.1, -0.05) is 6.92 Å². The summed E-state index contributed by atoms with van der Waals surface area (Å²) in [7, 11) is 0. The molecule has 0 bridgehead atoms. The van der Waals surface area contributed by atoms with E-state index in [0.29, 0.717) is 0 Å². The van der Waals surface area contributed by atoms with E-state index in [1.54, 1.807) is 0 Å². The molecule has 0 saturated carbocycles. The second-order valence-corrected chi connectivity index (χ2v) is 2.35. The van der Waals surface area contributed by atoms with Crippen molar-refractivity contribution in [2.75, 3.05) is 0 Å². The van der Waals surface area contributed by atoms with Crippen molar-refractivity contribution in [3.63, 3.8) is 0 Å². The van der Waals surface area contributed by atoms with Crippen LogP contribution in [0.5, 0.6) is 0 Å². The molecule has 0 aliphatic heterocycles. The second-order valence-electron chi connectivity index (χ2n) is 2.35. The van der Waals surface area contributed by atoms with Crippen molar-refractivity contribution in [1.29, 1.82) is 0 Å². The van der Waals surface area contributed by atoms with Crippen LogP contribution in [0.15, 0.2) is 18.3 Å². The summed E-state index contributed by atoms with van der Waals surface area (Å²) in [6.45, 7) is 3.27. The highest BCUT2D eigenvalue weighted by molar-refractivity contribution is 5.05. The van der Waals surface area contributed by atoms with E-state index in [9.17, 15) is 0 Å². The lowest BCUT2D eigenvalue weighted by Crippen LogP contribution is -1.99. The Morgan fingerprint density at radius 1 is 1.60 bits per heavy atom. The molecule has 1 aromatic rings. The molecule has 1 N–H and O–H groups in total. The van der Waals surface area contributed by atoms with Crippen LogP contribution in [-0.4, -0.2) is 9.67 Å². The van der Waals surface area contributed by atoms with Gasteiger partial charge in [0, 0.05) is 18.4 Å². The Labute approximate surface area is 61.1 Å². The Bertz CT molecular complexity index is 193. The summed E-state index contributed by atoms with van der Waals surface area (Å²) in [4.78, 5) is 0. The van der Waals surface area contributed by atoms with E-state index < -0.39 is 0 Å². The largest absolute Gasteiger partial charge is 0.390 e. The molecule has 0 radical (unpaired) electrons. The van der Waals surface area contributed by atoms with E-state index >= 15 is 0 Å². The number of hydrogen-bond acceptors (Lipinski definition) is 1. The van der Waals surface area contributed by atoms with Gasteiger partial charge in [-0.3, -0.25) is 0 Å². The molecule has 0 aliphatic carbocycles. The predicted octanol–water partition coefficient (Wildman–Crippen LogP) is 1.39. The smallest absolute Gasteiger partial charge is 0.0832 e. The lowest BCUT2D eigenvalue weighted by molar-refractivity contribution is 0.270. The van der Waals surface area contributed by atoms with Gasteiger partial charge in [-0.05, 0) is 18.6 Å². The molecule has 1 rings (SSSR count). The molecule has 0 amide bonds. The average Bonchev–Trinajstić information content (AvgIpc) is 2.36. The summed E-state index contributed by atoms with van der Waals surface area (Å²) >= 11 is 0. The summed E-state index contributed by atoms with van der Waals surface area (Å²) in [5, 5.41) is 8.81. The lowest BCUT2D eigenvalue weighted by atomic mass is 10.4. The van der Waals surface area contributed by atoms with E-state index in [-0.39, 0.29) is 6.61 Å². The van der Waals surface area contributed by atoms with Gasteiger partial charge < -0.3 is 9.67 Å². The number of aromatic nitrogens is 1. The van der Waals surface area contributed by atoms with E-state index in [4.69, 9.17) is 5.11 Å². The number of rotatable bonds is 3. The molecule has 0 spiro atoms. The molecular formula is C8H13NO. The number of aliphatic hydroxyl groups excluding tert-OH is 1. The van der Waals surface area contributed by atoms with Crippen molar-refractivity contribution in [2.45, 2.75) is 26.5 Å². The first-order valence-electron chi connectivity index (χ1n) is 3.63. The molecule has 2 nitrogen and oxygen atoms in total. The quantitative estimate of drug-likeness (QED) is 0.672. The molecular weight excluding hydrogens is 126 g/mol. The third-order valence-corrected chi connectivity index (χ3v) is 1.55. The van der Waals surface area contributed by atoms with Crippen molar-refractivity contribution in [2.24, 2.45) is 0 Å². The standard InChI is InChI=1S/C8H13NO/c1-2-5-9-6-3-4-8(9)7-10/h3-4,6,10H,2,5,7H2,1H3. The molecule has 2 heteroatoms. The first kappa shape index (κ1) is 7.35. The van der Waals surface area contributed by atoms with Crippen LogP contribution in [0.25, 0.3) is 0 Å². The normalized spacial score (nSPS) is 10.2. The van der Waals surface area contributed by atoms with Gasteiger partial charge in [-0.15, -0.1) is 0 Å². The monoisotopic (exact) mass is 139 g/mol. The predicted molar refractivity (Wildman–Crippen MR) is 40.6 cm³/mol. The zero-order chi connectivity index (χ0) is 7.40. The van der Waals surface area contributed by atoms with Crippen LogP contribution in [-0.2, 0) is 13.2 Å². The Balaban J connectivity index is 2.70. The Hall–Kier alpha value is -0.760. The van der Waals surface area contributed by atoms with Crippen molar-refractivity contribution < 1.29 is 5.11 Å². The Kier molecular flexibility index (Phi) is 2.51. The van der Waals surface area contributed by atoms with Crippen LogP contribution in [0.3, 0.4) is 0 Å². The minimum atomic E-state index is 0.146. The van der Waals surface area contributed by atoms with Crippen LogP contribution in [0.4, 0.5) is 0 Å². The summed E-state index contributed by atoms with van der Waals surface area (Å²) in [5.74, 6) is 0. The minimum Gasteiger partial charge on any atom is -0.390 e. The van der Waals surface area contributed by atoms with E-state index in [1.165, 1.54) is 0 Å². The summed E-state index contributed by atoms with van der Waals surface area (Å²) in [6, 6.07) is 3.90. The fraction of sp³-hybridized carbons (Fsp3) is 0.500. The number of hydrogen-bond donors (Lipinski definition) is 1. The summed E-state index contributed by atoms with van der Waals surface area (Å²) in [6.07, 6.45) is 3.11. The van der Waals surface area contributed by atoms with E-state index in [1.807, 2.05) is 18.3 Å². The van der Waals surface area contributed by atoms with Crippen LogP contribution in [0.2, 0.25) is 0 Å². The Morgan fingerprint density at radius 3 is 3.00 bits per heavy atom. The number of aryl methyl sites for hydroxylation is 1. The molecule has 0 unspecified atom stereocenters. The fourth-order valence-electron chi connectivity index (χ4n) is 1.05. The maximum Gasteiger partial charge on any atom is 0.0832 e. The highest BCUT2D eigenvalue weighted by atomic mass is 16.3. The lowest BCUT2D eigenvalue weighted by Gasteiger charge is -2.03. The molecule has 0 atom stereocenters. The molecule has 1 heterocycles. The number of aliphatic hydroxyl groups is 1. The summed E-state index contributed by atoms with van der Waals surface area (Å²) < 4.78 is 2.07. The topological polar surface area (TPSA) is 25.2 Å². The van der Waals surface area contributed by atoms with Crippen molar-refractivity contribution in [1.82, 2.24) is 4.57 Å². The first-order valence-corrected chi connectivity index (χ1v) is 3.63. The van der Waals surface area contributed by atoms with E-state index in [0.717, 1.165) is 18.7 Å². The fourth-order valence-corrected chi connectivity index (χ4v) is 1.05. The van der Waals surface area contributed by atoms with Crippen LogP contribution in [0, 0.1) is 0 Å². The summed E-state index contributed by atoms with van der Waals surface area (Å²) in [5.41, 5.74) is 1.00. The van der Waals surface area contributed by atoms with Crippen molar-refractivity contribution in [3.05, 3.63) is 24.0 Å². The number of nitrogens with zero attached hydrogens (tertiary/aromatic N) is 1. The van der Waals surface area contributed by atoms with Gasteiger partial charge in [0.05, 0.1) is 6.61 Å². The molecule has 0 aliphatic rings. The van der Waals surface area contributed by atoms with Gasteiger partial charge in [0.25, 0.3) is 0 Å². The third-order valence-electron chi connectivity index (χ3n) is 1.55. The SMILES string of the molecule is CCCn1cccc1CO. The van der Waals surface area contributed by atoms with Crippen LogP contribution >= 0.6 is 0 Å².